The molecule has 0 rings (SSSR count). The molecule has 0 spiro atoms. The van der Waals surface area contributed by atoms with Gasteiger partial charge in [-0.05, 0) is 0 Å². The molecular weight excluding hydrogens is 625 g/mol. The molecular formula is C11H4F21NO3S. The lowest BCUT2D eigenvalue weighted by Gasteiger charge is -2.43. The quantitative estimate of drug-likeness (QED) is 0.261. The van der Waals surface area contributed by atoms with E-state index in [2.05, 4.69) is 0 Å². The number of halogens is 21. The Kier molecular flexibility index (Phi) is 8.08. The Labute approximate surface area is 187 Å². The summed E-state index contributed by atoms with van der Waals surface area (Å²) in [4.78, 5) is 0. The highest BCUT2D eigenvalue weighted by atomic mass is 32.2. The largest absolute Gasteiger partial charge is 0.460 e. The normalized spacial score (nSPS) is 17.0. The van der Waals surface area contributed by atoms with Crippen LogP contribution in [0, 0.1) is 0 Å². The minimum absolute atomic E-state index is 1.35. The Balaban J connectivity index is 7.17. The summed E-state index contributed by atoms with van der Waals surface area (Å²) in [5, 5.41) is -0.752. The summed E-state index contributed by atoms with van der Waals surface area (Å²) in [6, 6.07) is -7.06. The van der Waals surface area contributed by atoms with Crippen molar-refractivity contribution in [1.29, 1.82) is 0 Å². The highest BCUT2D eigenvalue weighted by molar-refractivity contribution is 7.90. The molecule has 0 radical (unpaired) electrons. The van der Waals surface area contributed by atoms with Crippen molar-refractivity contribution in [1.82, 2.24) is 4.31 Å². The monoisotopic (exact) mass is 629 g/mol. The van der Waals surface area contributed by atoms with Crippen LogP contribution in [-0.2, 0) is 10.0 Å². The van der Waals surface area contributed by atoms with Crippen molar-refractivity contribution >= 4 is 10.0 Å². The predicted octanol–water partition coefficient (Wildman–Crippen LogP) is 5.39. The minimum Gasteiger partial charge on any atom is -0.330 e. The van der Waals surface area contributed by atoms with Crippen LogP contribution in [-0.4, -0.2) is 84.0 Å². The Morgan fingerprint density at radius 2 is 0.730 bits per heavy atom. The molecule has 0 atom stereocenters. The number of aliphatic hydroxyl groups is 1. The molecule has 26 heteroatoms. The average Bonchev–Trinajstić information content (AvgIpc) is 2.64. The van der Waals surface area contributed by atoms with Crippen molar-refractivity contribution < 1.29 is 106 Å². The smallest absolute Gasteiger partial charge is 0.330 e. The van der Waals surface area contributed by atoms with Crippen molar-refractivity contribution in [2.75, 3.05) is 7.05 Å². The first-order valence-electron chi connectivity index (χ1n) is 7.58. The summed E-state index contributed by atoms with van der Waals surface area (Å²) >= 11 is 0. The molecule has 0 heterocycles. The molecule has 4 nitrogen and oxygen atoms in total. The minimum atomic E-state index is -9.23. The summed E-state index contributed by atoms with van der Waals surface area (Å²) in [6.45, 7) is 0. The lowest BCUT2D eigenvalue weighted by Crippen LogP contribution is -2.75. The second kappa shape index (κ2) is 8.45. The van der Waals surface area contributed by atoms with Crippen LogP contribution < -0.4 is 0 Å². The number of rotatable bonds is 10. The van der Waals surface area contributed by atoms with Crippen LogP contribution >= 0.6 is 0 Å². The molecule has 0 unspecified atom stereocenters. The second-order valence-electron chi connectivity index (χ2n) is 6.52. The van der Waals surface area contributed by atoms with Crippen molar-refractivity contribution in [3.63, 3.8) is 0 Å². The Bertz CT molecular complexity index is 961. The zero-order valence-corrected chi connectivity index (χ0v) is 16.9. The van der Waals surface area contributed by atoms with Crippen LogP contribution in [0.3, 0.4) is 0 Å². The van der Waals surface area contributed by atoms with E-state index in [0.717, 1.165) is 0 Å². The third-order valence-electron chi connectivity index (χ3n) is 4.14. The molecule has 0 fully saturated rings. The van der Waals surface area contributed by atoms with Crippen molar-refractivity contribution in [2.24, 2.45) is 0 Å². The van der Waals surface area contributed by atoms with Crippen LogP contribution in [0.4, 0.5) is 92.2 Å². The molecule has 0 saturated carbocycles. The standard InChI is InChI=1S/C11H4F21NO3S/c1-33(9(27,28)10(29,30)34)37(35,36)11(31,32)7(22,23)5(18,19)3(14,15)2(12,13)4(16,17)6(20,21)8(24,25)26/h34H,1H3. The molecule has 37 heavy (non-hydrogen) atoms. The van der Waals surface area contributed by atoms with Gasteiger partial charge in [-0.3, -0.25) is 0 Å². The Morgan fingerprint density at radius 1 is 0.486 bits per heavy atom. The van der Waals surface area contributed by atoms with E-state index in [4.69, 9.17) is 5.11 Å². The van der Waals surface area contributed by atoms with Crippen LogP contribution in [0.2, 0.25) is 0 Å². The Morgan fingerprint density at radius 3 is 0.973 bits per heavy atom. The van der Waals surface area contributed by atoms with Gasteiger partial charge in [0.15, 0.2) is 0 Å². The van der Waals surface area contributed by atoms with Crippen LogP contribution in [0.25, 0.3) is 0 Å². The van der Waals surface area contributed by atoms with E-state index in [1.54, 1.807) is 0 Å². The molecule has 0 aliphatic carbocycles. The van der Waals surface area contributed by atoms with Gasteiger partial charge in [-0.25, -0.2) is 8.42 Å². The van der Waals surface area contributed by atoms with Crippen molar-refractivity contribution in [3.8, 4) is 0 Å². The van der Waals surface area contributed by atoms with E-state index in [0.29, 0.717) is 0 Å². The number of hydrogen-bond acceptors (Lipinski definition) is 3. The summed E-state index contributed by atoms with van der Waals surface area (Å²) in [5.74, 6) is -54.0. The molecule has 0 aromatic carbocycles. The molecule has 224 valence electrons. The molecule has 0 amide bonds. The fourth-order valence-corrected chi connectivity index (χ4v) is 3.03. The first-order valence-corrected chi connectivity index (χ1v) is 9.02. The maximum atomic E-state index is 13.7. The average molecular weight is 629 g/mol. The van der Waals surface area contributed by atoms with Gasteiger partial charge < -0.3 is 5.11 Å². The fourth-order valence-electron chi connectivity index (χ4n) is 1.82. The van der Waals surface area contributed by atoms with Gasteiger partial charge >= 0.3 is 59.1 Å². The lowest BCUT2D eigenvalue weighted by molar-refractivity contribution is -0.458. The van der Waals surface area contributed by atoms with Crippen molar-refractivity contribution in [2.45, 2.75) is 59.1 Å². The third kappa shape index (κ3) is 4.32. The SMILES string of the molecule is CN(C(F)(F)C(O)(F)F)S(=O)(=O)C(F)(F)C(F)(F)C(F)(F)C(F)(F)C(F)(F)C(F)(F)C(F)(F)C(F)(F)F. The van der Waals surface area contributed by atoms with Gasteiger partial charge in [-0.1, -0.05) is 0 Å². The molecule has 0 aliphatic heterocycles. The number of nitrogens with zero attached hydrogens (tertiary/aromatic N) is 1. The molecule has 0 aromatic rings. The first kappa shape index (κ1) is 35.4. The van der Waals surface area contributed by atoms with Gasteiger partial charge in [-0.2, -0.15) is 92.2 Å². The fraction of sp³-hybridized carbons (Fsp3) is 1.00. The van der Waals surface area contributed by atoms with Gasteiger partial charge in [0.2, 0.25) is 0 Å². The van der Waals surface area contributed by atoms with E-state index in [9.17, 15) is 101 Å². The molecule has 1 N–H and O–H groups in total. The maximum Gasteiger partial charge on any atom is 0.460 e. The summed E-state index contributed by atoms with van der Waals surface area (Å²) in [7, 11) is -10.1. The molecule has 0 aromatic heterocycles. The summed E-state index contributed by atoms with van der Waals surface area (Å²) in [5.41, 5.74) is 0. The Hall–Kier alpha value is -1.60. The van der Waals surface area contributed by atoms with Crippen LogP contribution in [0.15, 0.2) is 0 Å². The van der Waals surface area contributed by atoms with Gasteiger partial charge in [0.25, 0.3) is 10.0 Å². The van der Waals surface area contributed by atoms with E-state index in [-0.39, 0.29) is 0 Å². The number of likely N-dealkylation sites (N-methyl/N-ethyl adjacent to an activating group) is 1. The van der Waals surface area contributed by atoms with E-state index >= 15 is 0 Å². The topological polar surface area (TPSA) is 57.6 Å². The van der Waals surface area contributed by atoms with E-state index in [1.165, 1.54) is 0 Å². The number of alkyl halides is 21. The maximum absolute atomic E-state index is 13.7. The number of hydrogen-bond donors (Lipinski definition) is 1. The van der Waals surface area contributed by atoms with Gasteiger partial charge in [0, 0.05) is 7.05 Å². The van der Waals surface area contributed by atoms with Crippen LogP contribution in [0.5, 0.6) is 0 Å². The first-order chi connectivity index (χ1) is 15.4. The molecule has 0 saturated heterocycles. The van der Waals surface area contributed by atoms with Gasteiger partial charge in [-0.15, -0.1) is 4.31 Å². The predicted molar refractivity (Wildman–Crippen MR) is 69.5 cm³/mol. The molecule has 0 bridgehead atoms. The van der Waals surface area contributed by atoms with Gasteiger partial charge in [0.1, 0.15) is 0 Å². The van der Waals surface area contributed by atoms with Crippen molar-refractivity contribution in [3.05, 3.63) is 0 Å². The second-order valence-corrected chi connectivity index (χ2v) is 8.53. The zero-order chi connectivity index (χ0) is 31.1. The summed E-state index contributed by atoms with van der Waals surface area (Å²) in [6.07, 6.45) is -14.9. The lowest BCUT2D eigenvalue weighted by atomic mass is 9.91. The van der Waals surface area contributed by atoms with E-state index < -0.39 is 80.5 Å². The third-order valence-corrected chi connectivity index (χ3v) is 5.99. The molecule has 0 aliphatic rings. The highest BCUT2D eigenvalue weighted by Crippen LogP contribution is 2.64. The van der Waals surface area contributed by atoms with Crippen LogP contribution in [0.1, 0.15) is 0 Å². The highest BCUT2D eigenvalue weighted by Gasteiger charge is 2.96. The zero-order valence-electron chi connectivity index (χ0n) is 16.1. The van der Waals surface area contributed by atoms with Gasteiger partial charge in [0.05, 0.1) is 0 Å². The summed E-state index contributed by atoms with van der Waals surface area (Å²) < 4.78 is 292. The van der Waals surface area contributed by atoms with E-state index in [1.807, 2.05) is 0 Å². The number of sulfonamides is 1.